The SMILES string of the molecule is CN(C)C1(CNC(=O)CNCC(F)(F)F)CCCC1. The van der Waals surface area contributed by atoms with Crippen LogP contribution in [0, 0.1) is 0 Å². The lowest BCUT2D eigenvalue weighted by molar-refractivity contribution is -0.128. The van der Waals surface area contributed by atoms with E-state index >= 15 is 0 Å². The van der Waals surface area contributed by atoms with Crippen LogP contribution in [0.3, 0.4) is 0 Å². The first-order valence-electron chi connectivity index (χ1n) is 6.47. The van der Waals surface area contributed by atoms with Gasteiger partial charge in [-0.05, 0) is 26.9 Å². The summed E-state index contributed by atoms with van der Waals surface area (Å²) in [6.07, 6.45) is -0.0101. The third-order valence-corrected chi connectivity index (χ3v) is 3.71. The Bertz CT molecular complexity index is 299. The number of likely N-dealkylation sites (N-methyl/N-ethyl adjacent to an activating group) is 1. The molecule has 19 heavy (non-hydrogen) atoms. The van der Waals surface area contributed by atoms with Crippen molar-refractivity contribution >= 4 is 5.91 Å². The van der Waals surface area contributed by atoms with E-state index < -0.39 is 18.6 Å². The number of carbonyl (C=O) groups is 1. The molecular formula is C12H22F3N3O. The molecule has 1 rings (SSSR count). The van der Waals surface area contributed by atoms with Gasteiger partial charge in [-0.15, -0.1) is 0 Å². The lowest BCUT2D eigenvalue weighted by atomic mass is 9.96. The van der Waals surface area contributed by atoms with Gasteiger partial charge in [-0.1, -0.05) is 12.8 Å². The zero-order valence-electron chi connectivity index (χ0n) is 11.4. The van der Waals surface area contributed by atoms with Crippen LogP contribution in [-0.2, 0) is 4.79 Å². The number of alkyl halides is 3. The molecule has 0 aromatic carbocycles. The van der Waals surface area contributed by atoms with Gasteiger partial charge in [0.05, 0.1) is 13.1 Å². The van der Waals surface area contributed by atoms with Gasteiger partial charge in [0, 0.05) is 12.1 Å². The zero-order valence-corrected chi connectivity index (χ0v) is 11.4. The molecule has 0 atom stereocenters. The summed E-state index contributed by atoms with van der Waals surface area (Å²) in [5, 5.41) is 4.81. The van der Waals surface area contributed by atoms with Crippen molar-refractivity contribution in [2.24, 2.45) is 0 Å². The molecule has 1 saturated carbocycles. The Hall–Kier alpha value is -0.820. The maximum Gasteiger partial charge on any atom is 0.401 e. The minimum absolute atomic E-state index is 0.0420. The van der Waals surface area contributed by atoms with Crippen LogP contribution in [0.25, 0.3) is 0 Å². The number of nitrogens with one attached hydrogen (secondary N) is 2. The quantitative estimate of drug-likeness (QED) is 0.767. The van der Waals surface area contributed by atoms with E-state index in [0.29, 0.717) is 6.54 Å². The fourth-order valence-electron chi connectivity index (χ4n) is 2.46. The summed E-state index contributed by atoms with van der Waals surface area (Å²) in [4.78, 5) is 13.6. The van der Waals surface area contributed by atoms with Crippen LogP contribution >= 0.6 is 0 Å². The smallest absolute Gasteiger partial charge is 0.353 e. The average molecular weight is 281 g/mol. The molecule has 1 fully saturated rings. The third-order valence-electron chi connectivity index (χ3n) is 3.71. The fourth-order valence-corrected chi connectivity index (χ4v) is 2.46. The number of hydrogen-bond donors (Lipinski definition) is 2. The highest BCUT2D eigenvalue weighted by molar-refractivity contribution is 5.78. The Morgan fingerprint density at radius 2 is 1.84 bits per heavy atom. The molecular weight excluding hydrogens is 259 g/mol. The van der Waals surface area contributed by atoms with Crippen molar-refractivity contribution in [1.29, 1.82) is 0 Å². The Balaban J connectivity index is 2.29. The van der Waals surface area contributed by atoms with Gasteiger partial charge in [-0.2, -0.15) is 13.2 Å². The Kier molecular flexibility index (Phi) is 5.61. The van der Waals surface area contributed by atoms with E-state index in [2.05, 4.69) is 15.5 Å². The molecule has 0 bridgehead atoms. The third kappa shape index (κ3) is 5.36. The molecule has 0 saturated heterocycles. The lowest BCUT2D eigenvalue weighted by Gasteiger charge is -2.36. The minimum Gasteiger partial charge on any atom is -0.353 e. The Labute approximate surface area is 111 Å². The van der Waals surface area contributed by atoms with Crippen molar-refractivity contribution in [3.8, 4) is 0 Å². The highest BCUT2D eigenvalue weighted by Gasteiger charge is 2.36. The highest BCUT2D eigenvalue weighted by Crippen LogP contribution is 2.32. The van der Waals surface area contributed by atoms with Crippen molar-refractivity contribution in [3.63, 3.8) is 0 Å². The lowest BCUT2D eigenvalue weighted by Crippen LogP contribution is -2.52. The molecule has 0 aliphatic heterocycles. The number of amides is 1. The van der Waals surface area contributed by atoms with Gasteiger partial charge in [-0.25, -0.2) is 0 Å². The first-order chi connectivity index (χ1) is 8.75. The summed E-state index contributed by atoms with van der Waals surface area (Å²) in [6, 6.07) is 0. The van der Waals surface area contributed by atoms with Crippen LogP contribution < -0.4 is 10.6 Å². The van der Waals surface area contributed by atoms with E-state index in [1.165, 1.54) is 0 Å². The van der Waals surface area contributed by atoms with Crippen molar-refractivity contribution in [3.05, 3.63) is 0 Å². The van der Waals surface area contributed by atoms with Crippen LogP contribution in [0.15, 0.2) is 0 Å². The number of carbonyl (C=O) groups excluding carboxylic acids is 1. The average Bonchev–Trinajstić information content (AvgIpc) is 2.74. The molecule has 1 amide bonds. The summed E-state index contributed by atoms with van der Waals surface area (Å²) >= 11 is 0. The van der Waals surface area contributed by atoms with Crippen LogP contribution in [0.4, 0.5) is 13.2 Å². The number of nitrogens with zero attached hydrogens (tertiary/aromatic N) is 1. The summed E-state index contributed by atoms with van der Waals surface area (Å²) in [6.45, 7) is -0.950. The molecule has 0 aromatic heterocycles. The number of halogens is 3. The molecule has 1 aliphatic rings. The van der Waals surface area contributed by atoms with E-state index in [1.807, 2.05) is 14.1 Å². The summed E-state index contributed by atoms with van der Waals surface area (Å²) in [7, 11) is 3.94. The van der Waals surface area contributed by atoms with Gasteiger partial charge in [0.15, 0.2) is 0 Å². The first kappa shape index (κ1) is 16.2. The molecule has 0 heterocycles. The van der Waals surface area contributed by atoms with Crippen molar-refractivity contribution < 1.29 is 18.0 Å². The molecule has 0 spiro atoms. The Morgan fingerprint density at radius 3 is 2.32 bits per heavy atom. The molecule has 0 unspecified atom stereocenters. The van der Waals surface area contributed by atoms with Gasteiger partial charge >= 0.3 is 6.18 Å². The van der Waals surface area contributed by atoms with E-state index in [4.69, 9.17) is 0 Å². The molecule has 0 radical (unpaired) electrons. The maximum atomic E-state index is 11.9. The second kappa shape index (κ2) is 6.56. The first-order valence-corrected chi connectivity index (χ1v) is 6.47. The predicted octanol–water partition coefficient (Wildman–Crippen LogP) is 1.13. The topological polar surface area (TPSA) is 44.4 Å². The highest BCUT2D eigenvalue weighted by atomic mass is 19.4. The number of hydrogen-bond acceptors (Lipinski definition) is 3. The molecule has 4 nitrogen and oxygen atoms in total. The van der Waals surface area contributed by atoms with Crippen LogP contribution in [0.5, 0.6) is 0 Å². The minimum atomic E-state index is -4.28. The van der Waals surface area contributed by atoms with E-state index in [9.17, 15) is 18.0 Å². The van der Waals surface area contributed by atoms with Gasteiger partial charge < -0.3 is 15.5 Å². The van der Waals surface area contributed by atoms with Crippen LogP contribution in [0.1, 0.15) is 25.7 Å². The predicted molar refractivity (Wildman–Crippen MR) is 66.8 cm³/mol. The number of rotatable bonds is 6. The monoisotopic (exact) mass is 281 g/mol. The van der Waals surface area contributed by atoms with E-state index in [0.717, 1.165) is 25.7 Å². The van der Waals surface area contributed by atoms with Crippen LogP contribution in [-0.4, -0.2) is 56.3 Å². The van der Waals surface area contributed by atoms with E-state index in [1.54, 1.807) is 0 Å². The summed E-state index contributed by atoms with van der Waals surface area (Å²) in [5.41, 5.74) is -0.0420. The normalized spacial score (nSPS) is 18.8. The van der Waals surface area contributed by atoms with Crippen molar-refractivity contribution in [2.75, 3.05) is 33.7 Å². The van der Waals surface area contributed by atoms with Crippen molar-refractivity contribution in [2.45, 2.75) is 37.4 Å². The molecule has 7 heteroatoms. The van der Waals surface area contributed by atoms with Crippen LogP contribution in [0.2, 0.25) is 0 Å². The summed E-state index contributed by atoms with van der Waals surface area (Å²) in [5.74, 6) is -0.391. The molecule has 0 aromatic rings. The van der Waals surface area contributed by atoms with E-state index in [-0.39, 0.29) is 12.1 Å². The summed E-state index contributed by atoms with van der Waals surface area (Å²) < 4.78 is 35.7. The molecule has 2 N–H and O–H groups in total. The van der Waals surface area contributed by atoms with Crippen molar-refractivity contribution in [1.82, 2.24) is 15.5 Å². The second-order valence-corrected chi connectivity index (χ2v) is 5.32. The standard InChI is InChI=1S/C12H22F3N3O/c1-18(2)11(5-3-4-6-11)8-17-10(19)7-16-9-12(13,14)15/h16H,3-9H2,1-2H3,(H,17,19). The molecule has 112 valence electrons. The van der Waals surface area contributed by atoms with Gasteiger partial charge in [0.1, 0.15) is 0 Å². The largest absolute Gasteiger partial charge is 0.401 e. The van der Waals surface area contributed by atoms with Gasteiger partial charge in [0.25, 0.3) is 0 Å². The second-order valence-electron chi connectivity index (χ2n) is 5.32. The van der Waals surface area contributed by atoms with Gasteiger partial charge in [0.2, 0.25) is 5.91 Å². The van der Waals surface area contributed by atoms with Gasteiger partial charge in [-0.3, -0.25) is 4.79 Å². The molecule has 1 aliphatic carbocycles. The maximum absolute atomic E-state index is 11.9. The Morgan fingerprint density at radius 1 is 1.26 bits per heavy atom. The fraction of sp³-hybridized carbons (Fsp3) is 0.917. The zero-order chi connectivity index (χ0) is 14.5.